The summed E-state index contributed by atoms with van der Waals surface area (Å²) in [6.07, 6.45) is 3.95. The highest BCUT2D eigenvalue weighted by atomic mass is 35.5. The maximum atomic E-state index is 12.0. The van der Waals surface area contributed by atoms with Gasteiger partial charge in [-0.25, -0.2) is 33.9 Å². The number of anilines is 2. The summed E-state index contributed by atoms with van der Waals surface area (Å²) in [6, 6.07) is 2.78. The van der Waals surface area contributed by atoms with Gasteiger partial charge in [-0.3, -0.25) is 0 Å². The second-order valence-corrected chi connectivity index (χ2v) is 5.41. The van der Waals surface area contributed by atoms with Crippen LogP contribution in [-0.2, 0) is 10.0 Å². The van der Waals surface area contributed by atoms with E-state index in [2.05, 4.69) is 25.1 Å². The number of aromatic nitrogens is 3. The number of pyridine rings is 1. The zero-order valence-corrected chi connectivity index (χ0v) is 11.0. The molecule has 100 valence electrons. The Labute approximate surface area is 114 Å². The van der Waals surface area contributed by atoms with Crippen LogP contribution in [0.15, 0.2) is 35.6 Å². The van der Waals surface area contributed by atoms with Crippen LogP contribution < -0.4 is 16.0 Å². The average Bonchev–Trinajstić information content (AvgIpc) is 2.39. The molecule has 0 bridgehead atoms. The molecule has 0 aliphatic heterocycles. The molecular weight excluding hydrogens is 292 g/mol. The molecule has 0 amide bonds. The first kappa shape index (κ1) is 13.5. The van der Waals surface area contributed by atoms with Crippen molar-refractivity contribution in [2.45, 2.75) is 4.90 Å². The third-order valence-electron chi connectivity index (χ3n) is 2.05. The summed E-state index contributed by atoms with van der Waals surface area (Å²) in [4.78, 5) is 11.2. The molecule has 8 nitrogen and oxygen atoms in total. The standard InChI is InChI=1S/C9H9ClN6O2S/c10-7-4-6(5-14-8(7)15-11)19(17,18)16-9-12-2-1-3-13-9/h1-5H,11H2,(H,14,15)(H,12,13,16). The molecule has 2 aromatic heterocycles. The number of hydrogen-bond acceptors (Lipinski definition) is 7. The van der Waals surface area contributed by atoms with Crippen molar-refractivity contribution in [1.82, 2.24) is 15.0 Å². The number of sulfonamides is 1. The third-order valence-corrected chi connectivity index (χ3v) is 3.64. The van der Waals surface area contributed by atoms with Crippen molar-refractivity contribution in [2.24, 2.45) is 5.84 Å². The highest BCUT2D eigenvalue weighted by Gasteiger charge is 2.17. The molecule has 4 N–H and O–H groups in total. The Hall–Kier alpha value is -1.97. The Morgan fingerprint density at radius 3 is 2.47 bits per heavy atom. The summed E-state index contributed by atoms with van der Waals surface area (Å²) in [5.74, 6) is 5.29. The van der Waals surface area contributed by atoms with Crippen molar-refractivity contribution < 1.29 is 8.42 Å². The number of hydrazine groups is 1. The molecule has 0 atom stereocenters. The molecule has 2 aromatic rings. The normalized spacial score (nSPS) is 11.1. The maximum absolute atomic E-state index is 12.0. The van der Waals surface area contributed by atoms with Crippen LogP contribution in [0.5, 0.6) is 0 Å². The number of hydrogen-bond donors (Lipinski definition) is 3. The van der Waals surface area contributed by atoms with E-state index in [1.165, 1.54) is 18.5 Å². The van der Waals surface area contributed by atoms with Crippen molar-refractivity contribution in [1.29, 1.82) is 0 Å². The highest BCUT2D eigenvalue weighted by Crippen LogP contribution is 2.22. The first-order chi connectivity index (χ1) is 9.03. The zero-order chi connectivity index (χ0) is 13.9. The van der Waals surface area contributed by atoms with Gasteiger partial charge in [0.25, 0.3) is 10.0 Å². The molecule has 10 heteroatoms. The molecule has 2 heterocycles. The lowest BCUT2D eigenvalue weighted by molar-refractivity contribution is 0.600. The summed E-state index contributed by atoms with van der Waals surface area (Å²) in [6.45, 7) is 0. The largest absolute Gasteiger partial charge is 0.307 e. The van der Waals surface area contributed by atoms with Crippen LogP contribution in [-0.4, -0.2) is 23.4 Å². The van der Waals surface area contributed by atoms with Crippen LogP contribution in [0.4, 0.5) is 11.8 Å². The van der Waals surface area contributed by atoms with E-state index in [4.69, 9.17) is 17.4 Å². The van der Waals surface area contributed by atoms with Gasteiger partial charge in [0.2, 0.25) is 5.95 Å². The molecule has 0 saturated heterocycles. The fourth-order valence-electron chi connectivity index (χ4n) is 1.20. The molecule has 2 rings (SSSR count). The van der Waals surface area contributed by atoms with Crippen molar-refractivity contribution in [3.8, 4) is 0 Å². The average molecular weight is 301 g/mol. The van der Waals surface area contributed by atoms with Crippen LogP contribution in [0, 0.1) is 0 Å². The van der Waals surface area contributed by atoms with Crippen LogP contribution in [0.25, 0.3) is 0 Å². The van der Waals surface area contributed by atoms with Gasteiger partial charge >= 0.3 is 0 Å². The molecule has 0 aliphatic carbocycles. The van der Waals surface area contributed by atoms with Crippen molar-refractivity contribution in [3.63, 3.8) is 0 Å². The topological polar surface area (TPSA) is 123 Å². The van der Waals surface area contributed by atoms with Gasteiger partial charge in [0.05, 0.1) is 5.02 Å². The Bertz CT molecular complexity index is 678. The minimum absolute atomic E-state index is 0.0420. The van der Waals surface area contributed by atoms with E-state index >= 15 is 0 Å². The van der Waals surface area contributed by atoms with Crippen molar-refractivity contribution >= 4 is 33.4 Å². The lowest BCUT2D eigenvalue weighted by Gasteiger charge is -2.07. The summed E-state index contributed by atoms with van der Waals surface area (Å²) in [5.41, 5.74) is 2.24. The first-order valence-electron chi connectivity index (χ1n) is 4.95. The van der Waals surface area contributed by atoms with E-state index < -0.39 is 10.0 Å². The Kier molecular flexibility index (Phi) is 3.79. The number of nitrogens with zero attached hydrogens (tertiary/aromatic N) is 3. The van der Waals surface area contributed by atoms with Gasteiger partial charge in [-0.15, -0.1) is 0 Å². The molecule has 0 saturated carbocycles. The van der Waals surface area contributed by atoms with Gasteiger partial charge in [0, 0.05) is 18.6 Å². The lowest BCUT2D eigenvalue weighted by Crippen LogP contribution is -2.16. The molecule has 0 aromatic carbocycles. The first-order valence-corrected chi connectivity index (χ1v) is 6.81. The number of halogens is 1. The summed E-state index contributed by atoms with van der Waals surface area (Å²) in [5, 5.41) is 0.0827. The monoisotopic (exact) mass is 300 g/mol. The summed E-state index contributed by atoms with van der Waals surface area (Å²) >= 11 is 5.81. The lowest BCUT2D eigenvalue weighted by atomic mass is 10.5. The van der Waals surface area contributed by atoms with E-state index in [1.807, 2.05) is 0 Å². The molecule has 0 spiro atoms. The maximum Gasteiger partial charge on any atom is 0.265 e. The smallest absolute Gasteiger partial charge is 0.265 e. The number of nitrogens with one attached hydrogen (secondary N) is 2. The summed E-state index contributed by atoms with van der Waals surface area (Å²) < 4.78 is 26.2. The van der Waals surface area contributed by atoms with Crippen LogP contribution in [0.2, 0.25) is 5.02 Å². The van der Waals surface area contributed by atoms with Crippen molar-refractivity contribution in [3.05, 3.63) is 35.7 Å². The van der Waals surface area contributed by atoms with Crippen LogP contribution in [0.3, 0.4) is 0 Å². The minimum atomic E-state index is -3.85. The quantitative estimate of drug-likeness (QED) is 0.558. The predicted octanol–water partition coefficient (Wildman–Crippen LogP) is 0.611. The number of nitrogens with two attached hydrogens (primary N) is 1. The van der Waals surface area contributed by atoms with Gasteiger partial charge in [-0.1, -0.05) is 11.6 Å². The Balaban J connectivity index is 2.32. The van der Waals surface area contributed by atoms with Gasteiger partial charge < -0.3 is 5.43 Å². The molecule has 0 radical (unpaired) electrons. The van der Waals surface area contributed by atoms with E-state index in [0.29, 0.717) is 0 Å². The third kappa shape index (κ3) is 3.08. The van der Waals surface area contributed by atoms with Crippen molar-refractivity contribution in [2.75, 3.05) is 10.1 Å². The highest BCUT2D eigenvalue weighted by molar-refractivity contribution is 7.92. The van der Waals surface area contributed by atoms with E-state index in [0.717, 1.165) is 6.20 Å². The van der Waals surface area contributed by atoms with Gasteiger partial charge in [0.1, 0.15) is 4.90 Å². The van der Waals surface area contributed by atoms with Crippen LogP contribution >= 0.6 is 11.6 Å². The fraction of sp³-hybridized carbons (Fsp3) is 0. The molecule has 0 unspecified atom stereocenters. The number of nitrogen functional groups attached to an aromatic ring is 1. The Morgan fingerprint density at radius 2 is 1.89 bits per heavy atom. The molecule has 19 heavy (non-hydrogen) atoms. The van der Waals surface area contributed by atoms with Gasteiger partial charge in [-0.2, -0.15) is 0 Å². The molecule has 0 aliphatic rings. The minimum Gasteiger partial charge on any atom is -0.307 e. The van der Waals surface area contributed by atoms with Crippen LogP contribution in [0.1, 0.15) is 0 Å². The van der Waals surface area contributed by atoms with E-state index in [1.54, 1.807) is 6.07 Å². The Morgan fingerprint density at radius 1 is 1.21 bits per heavy atom. The molecule has 0 fully saturated rings. The SMILES string of the molecule is NNc1ncc(S(=O)(=O)Nc2ncccn2)cc1Cl. The number of rotatable bonds is 4. The predicted molar refractivity (Wildman–Crippen MR) is 69.9 cm³/mol. The molecular formula is C9H9ClN6O2S. The fourth-order valence-corrected chi connectivity index (χ4v) is 2.42. The second-order valence-electron chi connectivity index (χ2n) is 3.32. The van der Waals surface area contributed by atoms with E-state index in [9.17, 15) is 8.42 Å². The van der Waals surface area contributed by atoms with Gasteiger partial charge in [0.15, 0.2) is 5.82 Å². The van der Waals surface area contributed by atoms with Gasteiger partial charge in [-0.05, 0) is 12.1 Å². The summed E-state index contributed by atoms with van der Waals surface area (Å²) in [7, 11) is -3.85. The zero-order valence-electron chi connectivity index (χ0n) is 9.41. The second kappa shape index (κ2) is 5.34. The van der Waals surface area contributed by atoms with E-state index in [-0.39, 0.29) is 21.7 Å².